The summed E-state index contributed by atoms with van der Waals surface area (Å²) >= 11 is 1.40. The highest BCUT2D eigenvalue weighted by Crippen LogP contribution is 2.22. The van der Waals surface area contributed by atoms with Gasteiger partial charge < -0.3 is 9.64 Å². The van der Waals surface area contributed by atoms with Crippen LogP contribution in [0.2, 0.25) is 0 Å². The van der Waals surface area contributed by atoms with E-state index in [2.05, 4.69) is 10.2 Å². The fraction of sp³-hybridized carbons (Fsp3) is 0.471. The van der Waals surface area contributed by atoms with Crippen LogP contribution >= 0.6 is 11.8 Å². The Kier molecular flexibility index (Phi) is 6.25. The molecule has 130 valence electrons. The van der Waals surface area contributed by atoms with Crippen LogP contribution in [0.4, 0.5) is 0 Å². The smallest absolute Gasteiger partial charge is 0.233 e. The van der Waals surface area contributed by atoms with Crippen LogP contribution in [0.1, 0.15) is 27.7 Å². The highest BCUT2D eigenvalue weighted by atomic mass is 32.2. The molecule has 0 unspecified atom stereocenters. The molecule has 0 bridgehead atoms. The molecular formula is C17H24N4O2S. The fourth-order valence-electron chi connectivity index (χ4n) is 2.62. The van der Waals surface area contributed by atoms with Crippen LogP contribution in [0, 0.1) is 0 Å². The Labute approximate surface area is 147 Å². The van der Waals surface area contributed by atoms with Crippen molar-refractivity contribution in [2.24, 2.45) is 0 Å². The van der Waals surface area contributed by atoms with Gasteiger partial charge in [0.15, 0.2) is 5.16 Å². The first-order valence-electron chi connectivity index (χ1n) is 7.92. The normalized spacial score (nSPS) is 11.1. The lowest BCUT2D eigenvalue weighted by Crippen LogP contribution is -2.43. The number of aromatic nitrogens is 3. The molecule has 24 heavy (non-hydrogen) atoms. The van der Waals surface area contributed by atoms with Crippen LogP contribution in [0.5, 0.6) is 5.75 Å². The minimum atomic E-state index is 0.106. The van der Waals surface area contributed by atoms with E-state index in [0.29, 0.717) is 10.9 Å². The van der Waals surface area contributed by atoms with Crippen LogP contribution < -0.4 is 4.74 Å². The van der Waals surface area contributed by atoms with Gasteiger partial charge in [0, 0.05) is 17.8 Å². The number of thioether (sulfide) groups is 1. The lowest BCUT2D eigenvalue weighted by Gasteiger charge is -2.30. The average Bonchev–Trinajstić information content (AvgIpc) is 3.00. The Morgan fingerprint density at radius 2 is 1.83 bits per heavy atom. The van der Waals surface area contributed by atoms with Crippen LogP contribution in [0.15, 0.2) is 35.7 Å². The van der Waals surface area contributed by atoms with E-state index in [-0.39, 0.29) is 18.0 Å². The van der Waals surface area contributed by atoms with Crippen molar-refractivity contribution < 1.29 is 9.53 Å². The lowest BCUT2D eigenvalue weighted by atomic mass is 10.2. The van der Waals surface area contributed by atoms with Gasteiger partial charge in [-0.15, -0.1) is 10.2 Å². The van der Waals surface area contributed by atoms with Crippen LogP contribution in [-0.4, -0.2) is 50.5 Å². The number of benzene rings is 1. The zero-order chi connectivity index (χ0) is 17.7. The number of hydrogen-bond acceptors (Lipinski definition) is 5. The number of ether oxygens (including phenoxy) is 1. The quantitative estimate of drug-likeness (QED) is 0.720. The third-order valence-corrected chi connectivity index (χ3v) is 4.52. The zero-order valence-electron chi connectivity index (χ0n) is 14.8. The number of amides is 1. The maximum Gasteiger partial charge on any atom is 0.233 e. The molecule has 2 aromatic rings. The van der Waals surface area contributed by atoms with Crippen LogP contribution in [-0.2, 0) is 4.79 Å². The summed E-state index contributed by atoms with van der Waals surface area (Å²) in [5.74, 6) is 1.24. The molecule has 0 fully saturated rings. The van der Waals surface area contributed by atoms with Crippen molar-refractivity contribution in [1.29, 1.82) is 0 Å². The summed E-state index contributed by atoms with van der Waals surface area (Å²) in [7, 11) is 1.63. The summed E-state index contributed by atoms with van der Waals surface area (Å²) in [6.45, 7) is 8.12. The van der Waals surface area contributed by atoms with E-state index in [1.54, 1.807) is 13.4 Å². The summed E-state index contributed by atoms with van der Waals surface area (Å²) in [5.41, 5.74) is 0.931. The number of nitrogens with zero attached hydrogens (tertiary/aromatic N) is 4. The molecule has 7 heteroatoms. The number of rotatable bonds is 7. The second-order valence-electron chi connectivity index (χ2n) is 5.96. The standard InChI is InChI=1S/C17H24N4O2S/c1-12(2)21(13(3)4)16(22)10-24-17-19-18-11-20(17)14-6-8-15(23-5)9-7-14/h6-9,11-13H,10H2,1-5H3. The van der Waals surface area contributed by atoms with E-state index in [1.807, 2.05) is 61.4 Å². The highest BCUT2D eigenvalue weighted by Gasteiger charge is 2.21. The summed E-state index contributed by atoms with van der Waals surface area (Å²) in [6, 6.07) is 7.99. The molecule has 0 aliphatic heterocycles. The van der Waals surface area contributed by atoms with E-state index in [4.69, 9.17) is 4.74 Å². The van der Waals surface area contributed by atoms with E-state index in [1.165, 1.54) is 11.8 Å². The predicted molar refractivity (Wildman–Crippen MR) is 95.8 cm³/mol. The zero-order valence-corrected chi connectivity index (χ0v) is 15.6. The van der Waals surface area contributed by atoms with E-state index in [0.717, 1.165) is 11.4 Å². The molecule has 0 atom stereocenters. The molecule has 1 aromatic carbocycles. The first kappa shape index (κ1) is 18.3. The Hall–Kier alpha value is -2.02. The SMILES string of the molecule is COc1ccc(-n2cnnc2SCC(=O)N(C(C)C)C(C)C)cc1. The Morgan fingerprint density at radius 3 is 2.38 bits per heavy atom. The van der Waals surface area contributed by atoms with Crippen LogP contribution in [0.25, 0.3) is 5.69 Å². The third kappa shape index (κ3) is 4.29. The van der Waals surface area contributed by atoms with E-state index in [9.17, 15) is 4.79 Å². The number of hydrogen-bond donors (Lipinski definition) is 0. The summed E-state index contributed by atoms with van der Waals surface area (Å²) in [5, 5.41) is 8.80. The molecule has 0 aliphatic carbocycles. The molecule has 1 amide bonds. The summed E-state index contributed by atoms with van der Waals surface area (Å²) in [6.07, 6.45) is 1.65. The van der Waals surface area contributed by atoms with Gasteiger partial charge in [-0.2, -0.15) is 0 Å². The van der Waals surface area contributed by atoms with Crippen molar-refractivity contribution in [3.05, 3.63) is 30.6 Å². The van der Waals surface area contributed by atoms with Gasteiger partial charge in [-0.1, -0.05) is 11.8 Å². The van der Waals surface area contributed by atoms with E-state index < -0.39 is 0 Å². The Balaban J connectivity index is 2.09. The summed E-state index contributed by atoms with van der Waals surface area (Å²) in [4.78, 5) is 14.4. The van der Waals surface area contributed by atoms with Crippen molar-refractivity contribution in [1.82, 2.24) is 19.7 Å². The molecule has 0 spiro atoms. The van der Waals surface area contributed by atoms with Crippen molar-refractivity contribution >= 4 is 17.7 Å². The van der Waals surface area contributed by atoms with Gasteiger partial charge in [-0.25, -0.2) is 0 Å². The van der Waals surface area contributed by atoms with Crippen molar-refractivity contribution in [3.63, 3.8) is 0 Å². The van der Waals surface area contributed by atoms with Gasteiger partial charge in [0.05, 0.1) is 12.9 Å². The monoisotopic (exact) mass is 348 g/mol. The number of methoxy groups -OCH3 is 1. The van der Waals surface area contributed by atoms with Crippen molar-refractivity contribution in [2.75, 3.05) is 12.9 Å². The molecule has 1 aromatic heterocycles. The van der Waals surface area contributed by atoms with Gasteiger partial charge in [0.2, 0.25) is 5.91 Å². The van der Waals surface area contributed by atoms with E-state index >= 15 is 0 Å². The predicted octanol–water partition coefficient (Wildman–Crippen LogP) is 3.01. The largest absolute Gasteiger partial charge is 0.497 e. The van der Waals surface area contributed by atoms with Gasteiger partial charge in [0.25, 0.3) is 0 Å². The highest BCUT2D eigenvalue weighted by molar-refractivity contribution is 7.99. The maximum absolute atomic E-state index is 12.5. The average molecular weight is 348 g/mol. The summed E-state index contributed by atoms with van der Waals surface area (Å²) < 4.78 is 7.04. The minimum absolute atomic E-state index is 0.106. The third-order valence-electron chi connectivity index (χ3n) is 3.59. The fourth-order valence-corrected chi connectivity index (χ4v) is 3.41. The molecule has 0 saturated carbocycles. The van der Waals surface area contributed by atoms with Gasteiger partial charge >= 0.3 is 0 Å². The molecule has 0 N–H and O–H groups in total. The van der Waals surface area contributed by atoms with Gasteiger partial charge in [0.1, 0.15) is 12.1 Å². The number of carbonyl (C=O) groups is 1. The minimum Gasteiger partial charge on any atom is -0.497 e. The first-order chi connectivity index (χ1) is 11.4. The molecule has 6 nitrogen and oxygen atoms in total. The second kappa shape index (κ2) is 8.19. The van der Waals surface area contributed by atoms with Crippen LogP contribution in [0.3, 0.4) is 0 Å². The van der Waals surface area contributed by atoms with Gasteiger partial charge in [-0.3, -0.25) is 9.36 Å². The second-order valence-corrected chi connectivity index (χ2v) is 6.90. The Morgan fingerprint density at radius 1 is 1.21 bits per heavy atom. The lowest BCUT2D eigenvalue weighted by molar-refractivity contribution is -0.131. The van der Waals surface area contributed by atoms with Gasteiger partial charge in [-0.05, 0) is 52.0 Å². The Bertz CT molecular complexity index is 659. The molecular weight excluding hydrogens is 324 g/mol. The molecule has 0 saturated heterocycles. The number of carbonyl (C=O) groups excluding carboxylic acids is 1. The molecule has 1 heterocycles. The topological polar surface area (TPSA) is 60.2 Å². The molecule has 0 radical (unpaired) electrons. The first-order valence-corrected chi connectivity index (χ1v) is 8.91. The van der Waals surface area contributed by atoms with Crippen molar-refractivity contribution in [2.45, 2.75) is 44.9 Å². The molecule has 0 aliphatic rings. The van der Waals surface area contributed by atoms with Crippen molar-refractivity contribution in [3.8, 4) is 11.4 Å². The molecule has 2 rings (SSSR count). The maximum atomic E-state index is 12.5.